The van der Waals surface area contributed by atoms with Crippen LogP contribution >= 0.6 is 0 Å². The van der Waals surface area contributed by atoms with Gasteiger partial charge in [0, 0.05) is 19.5 Å². The fourth-order valence-electron chi connectivity index (χ4n) is 3.22. The molecule has 0 aromatic carbocycles. The molecule has 0 radical (unpaired) electrons. The maximum atomic E-state index is 13.4. The van der Waals surface area contributed by atoms with Crippen molar-refractivity contribution in [3.8, 4) is 6.07 Å². The van der Waals surface area contributed by atoms with E-state index in [1.807, 2.05) is 6.07 Å². The minimum absolute atomic E-state index is 0.00668. The minimum Gasteiger partial charge on any atom is -0.634 e. The van der Waals surface area contributed by atoms with Crippen LogP contribution in [0.2, 0.25) is 0 Å². The number of likely N-dealkylation sites (tertiary alicyclic amines) is 2. The predicted octanol–water partition coefficient (Wildman–Crippen LogP) is -0.377. The second-order valence-corrected chi connectivity index (χ2v) is 7.27. The molecule has 0 aliphatic carbocycles. The molecule has 2 amide bonds. The molecule has 2 rings (SSSR count). The van der Waals surface area contributed by atoms with E-state index >= 15 is 0 Å². The zero-order valence-corrected chi connectivity index (χ0v) is 14.3. The van der Waals surface area contributed by atoms with Gasteiger partial charge in [0.1, 0.15) is 17.8 Å². The van der Waals surface area contributed by atoms with E-state index in [0.717, 1.165) is 30.8 Å². The second kappa shape index (κ2) is 7.45. The Morgan fingerprint density at radius 2 is 1.96 bits per heavy atom. The molecule has 0 saturated carbocycles. The van der Waals surface area contributed by atoms with Crippen LogP contribution in [0.15, 0.2) is 0 Å². The Kier molecular flexibility index (Phi) is 5.78. The monoisotopic (exact) mass is 340 g/mol. The zero-order valence-electron chi connectivity index (χ0n) is 14.3. The van der Waals surface area contributed by atoms with E-state index in [1.165, 1.54) is 0 Å². The summed E-state index contributed by atoms with van der Waals surface area (Å²) in [5.41, 5.74) is -0.952. The fraction of sp³-hybridized carbons (Fsp3) is 0.812. The third-order valence-corrected chi connectivity index (χ3v) is 4.84. The second-order valence-electron chi connectivity index (χ2n) is 7.27. The van der Waals surface area contributed by atoms with Crippen LogP contribution in [0.1, 0.15) is 39.5 Å². The van der Waals surface area contributed by atoms with Crippen LogP contribution in [-0.2, 0) is 9.59 Å². The summed E-state index contributed by atoms with van der Waals surface area (Å²) in [7, 11) is 0. The first-order valence-electron chi connectivity index (χ1n) is 8.39. The van der Waals surface area contributed by atoms with E-state index < -0.39 is 30.2 Å². The van der Waals surface area contributed by atoms with Crippen molar-refractivity contribution in [1.82, 2.24) is 9.80 Å². The number of carbonyl (C=O) groups is 2. The van der Waals surface area contributed by atoms with Gasteiger partial charge in [-0.05, 0) is 26.7 Å². The number of amides is 2. The number of carbonyl (C=O) groups excluding carboxylic acids is 2. The van der Waals surface area contributed by atoms with Gasteiger partial charge in [-0.25, -0.2) is 4.39 Å². The lowest BCUT2D eigenvalue weighted by Crippen LogP contribution is -3.16. The van der Waals surface area contributed by atoms with E-state index in [-0.39, 0.29) is 30.4 Å². The number of nitriles is 1. The lowest BCUT2D eigenvalue weighted by molar-refractivity contribution is -0.892. The summed E-state index contributed by atoms with van der Waals surface area (Å²) in [6.45, 7) is 4.21. The van der Waals surface area contributed by atoms with Gasteiger partial charge in [-0.15, -0.1) is 0 Å². The van der Waals surface area contributed by atoms with Gasteiger partial charge in [0.2, 0.25) is 5.91 Å². The summed E-state index contributed by atoms with van der Waals surface area (Å²) in [6, 6.07) is 1.09. The molecule has 7 nitrogen and oxygen atoms in total. The molecule has 2 saturated heterocycles. The van der Waals surface area contributed by atoms with Crippen molar-refractivity contribution in [2.75, 3.05) is 26.2 Å². The van der Waals surface area contributed by atoms with Gasteiger partial charge in [0.05, 0.1) is 19.0 Å². The molecule has 2 heterocycles. The Hall–Kier alpha value is -1.72. The summed E-state index contributed by atoms with van der Waals surface area (Å²) in [5.74, 6) is -0.605. The summed E-state index contributed by atoms with van der Waals surface area (Å²) in [6.07, 6.45) is 0.791. The summed E-state index contributed by atoms with van der Waals surface area (Å²) < 4.78 is 13.4. The molecule has 2 aliphatic rings. The first-order valence-corrected chi connectivity index (χ1v) is 8.39. The molecule has 2 aliphatic heterocycles. The van der Waals surface area contributed by atoms with E-state index in [4.69, 9.17) is 5.26 Å². The van der Waals surface area contributed by atoms with Crippen molar-refractivity contribution in [2.45, 2.75) is 57.3 Å². The molecule has 2 fully saturated rings. The normalized spacial score (nSPS) is 25.6. The highest BCUT2D eigenvalue weighted by Crippen LogP contribution is 2.19. The van der Waals surface area contributed by atoms with Gasteiger partial charge < -0.3 is 20.1 Å². The zero-order chi connectivity index (χ0) is 17.9. The van der Waals surface area contributed by atoms with Crippen LogP contribution in [0.4, 0.5) is 4.39 Å². The van der Waals surface area contributed by atoms with Gasteiger partial charge in [-0.1, -0.05) is 0 Å². The average Bonchev–Trinajstić information content (AvgIpc) is 3.15. The lowest BCUT2D eigenvalue weighted by Gasteiger charge is -2.39. The molecule has 8 heteroatoms. The van der Waals surface area contributed by atoms with Gasteiger partial charge in [0.15, 0.2) is 6.54 Å². The first kappa shape index (κ1) is 18.6. The predicted molar refractivity (Wildman–Crippen MR) is 84.3 cm³/mol. The highest BCUT2D eigenvalue weighted by atomic mass is 19.1. The Morgan fingerprint density at radius 3 is 2.54 bits per heavy atom. The van der Waals surface area contributed by atoms with Crippen molar-refractivity contribution in [3.63, 3.8) is 0 Å². The maximum Gasteiger partial charge on any atom is 0.279 e. The van der Waals surface area contributed by atoms with Crippen LogP contribution in [0.5, 0.6) is 0 Å². The van der Waals surface area contributed by atoms with Crippen LogP contribution in [0.3, 0.4) is 0 Å². The molecule has 0 bridgehead atoms. The number of hydrogen-bond donors (Lipinski definition) is 1. The van der Waals surface area contributed by atoms with Crippen molar-refractivity contribution < 1.29 is 19.0 Å². The van der Waals surface area contributed by atoms with E-state index in [1.54, 1.807) is 18.7 Å². The maximum absolute atomic E-state index is 13.4. The molecular weight excluding hydrogens is 315 g/mol. The van der Waals surface area contributed by atoms with Crippen LogP contribution in [-0.4, -0.2) is 65.5 Å². The molecule has 0 aromatic heterocycles. The van der Waals surface area contributed by atoms with Gasteiger partial charge >= 0.3 is 0 Å². The minimum atomic E-state index is -1.22. The molecule has 3 atom stereocenters. The van der Waals surface area contributed by atoms with Crippen LogP contribution in [0, 0.1) is 16.5 Å². The van der Waals surface area contributed by atoms with E-state index in [9.17, 15) is 19.2 Å². The molecular formula is C16H25FN4O3. The third-order valence-electron chi connectivity index (χ3n) is 4.84. The number of nitrogens with one attached hydrogen (secondary N) is 1. The molecule has 0 aromatic rings. The van der Waals surface area contributed by atoms with Crippen molar-refractivity contribution in [3.05, 3.63) is 5.21 Å². The Balaban J connectivity index is 1.92. The molecule has 0 spiro atoms. The van der Waals surface area contributed by atoms with E-state index in [0.29, 0.717) is 0 Å². The SMILES string of the molecule is CC(C)(CC(=O)N1CCCC1)[NH+]([O-])CC(=O)N1C[C@@H](F)C[C@H]1C#N. The van der Waals surface area contributed by atoms with Crippen molar-refractivity contribution in [2.24, 2.45) is 0 Å². The molecule has 1 N–H and O–H groups in total. The van der Waals surface area contributed by atoms with Crippen LogP contribution in [0.25, 0.3) is 0 Å². The standard InChI is InChI=1S/C16H25FN4O3/c1-16(2,8-14(22)19-5-3-4-6-19)21(24)11-15(23)20-10-12(17)7-13(20)9-18/h12-13,21H,3-8,10-11H2,1-2H3/t12-,13-/m0/s1. The quantitative estimate of drug-likeness (QED) is 0.691. The number of hydrogen-bond acceptors (Lipinski definition) is 4. The Bertz CT molecular complexity index is 528. The number of nitrogens with zero attached hydrogens (tertiary/aromatic N) is 3. The summed E-state index contributed by atoms with van der Waals surface area (Å²) in [4.78, 5) is 27.4. The topological polar surface area (TPSA) is 91.9 Å². The fourth-order valence-corrected chi connectivity index (χ4v) is 3.22. The third kappa shape index (κ3) is 4.22. The Morgan fingerprint density at radius 1 is 1.33 bits per heavy atom. The van der Waals surface area contributed by atoms with Gasteiger partial charge in [-0.2, -0.15) is 5.26 Å². The summed E-state index contributed by atoms with van der Waals surface area (Å²) in [5, 5.41) is 21.1. The van der Waals surface area contributed by atoms with E-state index in [2.05, 4.69) is 0 Å². The number of hydroxylamine groups is 2. The summed E-state index contributed by atoms with van der Waals surface area (Å²) >= 11 is 0. The van der Waals surface area contributed by atoms with Gasteiger partial charge in [0.25, 0.3) is 5.91 Å². The molecule has 1 unspecified atom stereocenters. The van der Waals surface area contributed by atoms with Gasteiger partial charge in [-0.3, -0.25) is 9.59 Å². The molecule has 134 valence electrons. The number of quaternary nitrogens is 1. The first-order chi connectivity index (χ1) is 11.2. The largest absolute Gasteiger partial charge is 0.634 e. The van der Waals surface area contributed by atoms with Crippen molar-refractivity contribution >= 4 is 11.8 Å². The highest BCUT2D eigenvalue weighted by molar-refractivity contribution is 5.79. The smallest absolute Gasteiger partial charge is 0.279 e. The van der Waals surface area contributed by atoms with Crippen molar-refractivity contribution in [1.29, 1.82) is 5.26 Å². The lowest BCUT2D eigenvalue weighted by atomic mass is 9.99. The average molecular weight is 340 g/mol. The van der Waals surface area contributed by atoms with Crippen LogP contribution < -0.4 is 5.06 Å². The number of rotatable bonds is 5. The number of halogens is 1. The number of alkyl halides is 1. The Labute approximate surface area is 141 Å². The highest BCUT2D eigenvalue weighted by Gasteiger charge is 2.38. The molecule has 24 heavy (non-hydrogen) atoms.